The van der Waals surface area contributed by atoms with Crippen molar-refractivity contribution in [3.8, 4) is 17.2 Å². The van der Waals surface area contributed by atoms with Gasteiger partial charge in [0.2, 0.25) is 12.7 Å². The number of rotatable bonds is 4. The molecule has 1 aromatic carbocycles. The Hall–Kier alpha value is -2.73. The van der Waals surface area contributed by atoms with Crippen LogP contribution < -0.4 is 14.2 Å². The zero-order chi connectivity index (χ0) is 21.6. The number of likely N-dealkylation sites (tertiary alicyclic amines) is 2. The average molecular weight is 423 g/mol. The zero-order valence-corrected chi connectivity index (χ0v) is 18.4. The van der Waals surface area contributed by atoms with Crippen LogP contribution in [0.4, 0.5) is 0 Å². The van der Waals surface area contributed by atoms with Crippen LogP contribution in [-0.4, -0.2) is 55.3 Å². The highest BCUT2D eigenvalue weighted by Gasteiger charge is 2.58. The summed E-state index contributed by atoms with van der Waals surface area (Å²) in [6.45, 7) is 13.1. The number of hydrogen-bond acceptors (Lipinski definition) is 5. The molecule has 4 aliphatic heterocycles. The number of hydrogen-bond donors (Lipinski definition) is 0. The van der Waals surface area contributed by atoms with E-state index in [0.717, 1.165) is 55.9 Å². The predicted molar refractivity (Wildman–Crippen MR) is 118 cm³/mol. The summed E-state index contributed by atoms with van der Waals surface area (Å²) in [5.41, 5.74) is 1.64. The van der Waals surface area contributed by atoms with E-state index in [9.17, 15) is 4.79 Å². The first-order chi connectivity index (χ1) is 15.1. The highest BCUT2D eigenvalue weighted by Crippen LogP contribution is 2.54. The number of carbonyl (C=O) groups is 1. The smallest absolute Gasteiger partial charge is 0.245 e. The molecule has 5 rings (SSSR count). The third-order valence-electron chi connectivity index (χ3n) is 7.15. The average Bonchev–Trinajstić information content (AvgIpc) is 3.45. The second-order valence-corrected chi connectivity index (χ2v) is 8.75. The van der Waals surface area contributed by atoms with Gasteiger partial charge in [0.25, 0.3) is 0 Å². The van der Waals surface area contributed by atoms with Crippen molar-refractivity contribution in [3.05, 3.63) is 53.8 Å². The fourth-order valence-corrected chi connectivity index (χ4v) is 5.22. The monoisotopic (exact) mass is 422 g/mol. The molecule has 4 heterocycles. The molecular weight excluding hydrogens is 392 g/mol. The molecule has 2 fully saturated rings. The maximum atomic E-state index is 14.0. The van der Waals surface area contributed by atoms with E-state index in [-0.39, 0.29) is 19.3 Å². The molecule has 0 aliphatic carbocycles. The van der Waals surface area contributed by atoms with Gasteiger partial charge in [-0.1, -0.05) is 25.7 Å². The summed E-state index contributed by atoms with van der Waals surface area (Å²) in [6.07, 6.45) is 8.20. The van der Waals surface area contributed by atoms with Gasteiger partial charge in [0.05, 0.1) is 0 Å². The van der Waals surface area contributed by atoms with Crippen LogP contribution in [0.3, 0.4) is 0 Å². The number of amides is 1. The number of piperidine rings is 1. The molecule has 0 radical (unpaired) electrons. The molecule has 6 nitrogen and oxygen atoms in total. The highest BCUT2D eigenvalue weighted by molar-refractivity contribution is 6.01. The number of ether oxygens (including phenoxy) is 3. The van der Waals surface area contributed by atoms with Crippen molar-refractivity contribution in [3.63, 3.8) is 0 Å². The van der Waals surface area contributed by atoms with Crippen LogP contribution in [0.15, 0.2) is 48.2 Å². The van der Waals surface area contributed by atoms with Crippen molar-refractivity contribution in [1.29, 1.82) is 0 Å². The van der Waals surface area contributed by atoms with E-state index in [4.69, 9.17) is 14.2 Å². The first-order valence-electron chi connectivity index (χ1n) is 11.2. The minimum Gasteiger partial charge on any atom is -0.491 e. The minimum absolute atomic E-state index is 0.0591. The molecule has 1 unspecified atom stereocenters. The molecule has 31 heavy (non-hydrogen) atoms. The Morgan fingerprint density at radius 1 is 1.16 bits per heavy atom. The van der Waals surface area contributed by atoms with Crippen molar-refractivity contribution < 1.29 is 19.0 Å². The third kappa shape index (κ3) is 3.07. The van der Waals surface area contributed by atoms with E-state index < -0.39 is 5.41 Å². The standard InChI is InChI=1S/C25H30N2O4/c1-4-6-7-20-17(3)25(15-29-21-13-23-22(12-19(21)25)30-16-31-23)24(28)27(20)14-18-8-10-26(5-2)11-9-18/h4,6-7,12-13,18H,3,5,8-11,14-16H2,1-2H3/b6-4-,20-7+. The van der Waals surface area contributed by atoms with Gasteiger partial charge in [-0.2, -0.15) is 0 Å². The fraction of sp³-hybridized carbons (Fsp3) is 0.480. The molecule has 0 bridgehead atoms. The normalized spacial score (nSPS) is 27.2. The lowest BCUT2D eigenvalue weighted by Crippen LogP contribution is -2.43. The van der Waals surface area contributed by atoms with E-state index >= 15 is 0 Å². The lowest BCUT2D eigenvalue weighted by atomic mass is 9.77. The summed E-state index contributed by atoms with van der Waals surface area (Å²) in [5.74, 6) is 2.55. The number of benzene rings is 1. The molecule has 0 saturated carbocycles. The van der Waals surface area contributed by atoms with Crippen molar-refractivity contribution in [2.24, 2.45) is 5.92 Å². The third-order valence-corrected chi connectivity index (χ3v) is 7.15. The van der Waals surface area contributed by atoms with Crippen LogP contribution in [0.5, 0.6) is 17.2 Å². The van der Waals surface area contributed by atoms with Gasteiger partial charge in [-0.3, -0.25) is 4.79 Å². The van der Waals surface area contributed by atoms with E-state index in [1.165, 1.54) is 0 Å². The van der Waals surface area contributed by atoms with E-state index in [1.807, 2.05) is 42.2 Å². The molecule has 1 atom stereocenters. The van der Waals surface area contributed by atoms with Crippen molar-refractivity contribution in [1.82, 2.24) is 9.80 Å². The van der Waals surface area contributed by atoms with Crippen molar-refractivity contribution in [2.75, 3.05) is 39.6 Å². The molecule has 4 aliphatic rings. The largest absolute Gasteiger partial charge is 0.491 e. The number of carbonyl (C=O) groups excluding carboxylic acids is 1. The van der Waals surface area contributed by atoms with Gasteiger partial charge in [0.1, 0.15) is 17.8 Å². The Balaban J connectivity index is 1.50. The molecule has 2 saturated heterocycles. The van der Waals surface area contributed by atoms with Crippen LogP contribution in [0.1, 0.15) is 32.3 Å². The van der Waals surface area contributed by atoms with Gasteiger partial charge in [-0.05, 0) is 63.0 Å². The quantitative estimate of drug-likeness (QED) is 0.742. The molecule has 1 amide bonds. The van der Waals surface area contributed by atoms with E-state index in [1.54, 1.807) is 0 Å². The van der Waals surface area contributed by atoms with Gasteiger partial charge in [-0.15, -0.1) is 0 Å². The predicted octanol–water partition coefficient (Wildman–Crippen LogP) is 3.64. The molecular formula is C25H30N2O4. The van der Waals surface area contributed by atoms with Gasteiger partial charge in [0, 0.05) is 23.9 Å². The number of allylic oxidation sites excluding steroid dienone is 4. The Morgan fingerprint density at radius 3 is 2.61 bits per heavy atom. The Bertz CT molecular complexity index is 974. The molecule has 0 aromatic heterocycles. The number of fused-ring (bicyclic) bond motifs is 3. The van der Waals surface area contributed by atoms with Crippen LogP contribution in [-0.2, 0) is 10.2 Å². The summed E-state index contributed by atoms with van der Waals surface area (Å²) in [6, 6.07) is 3.75. The Kier molecular flexibility index (Phi) is 5.05. The molecule has 1 aromatic rings. The van der Waals surface area contributed by atoms with Crippen molar-refractivity contribution >= 4 is 5.91 Å². The molecule has 1 spiro atoms. The van der Waals surface area contributed by atoms with Crippen LogP contribution in [0, 0.1) is 5.92 Å². The van der Waals surface area contributed by atoms with Crippen molar-refractivity contribution in [2.45, 2.75) is 32.1 Å². The molecule has 6 heteroatoms. The molecule has 164 valence electrons. The van der Waals surface area contributed by atoms with Gasteiger partial charge < -0.3 is 24.0 Å². The SMILES string of the molecule is C=C1/C(=C\C=C/C)N(CC2CCN(CC)CC2)C(=O)C12COc1cc3c(cc12)OCO3. The van der Waals surface area contributed by atoms with Gasteiger partial charge >= 0.3 is 0 Å². The topological polar surface area (TPSA) is 51.2 Å². The van der Waals surface area contributed by atoms with Crippen LogP contribution in [0.2, 0.25) is 0 Å². The van der Waals surface area contributed by atoms with E-state index in [2.05, 4.69) is 18.4 Å². The fourth-order valence-electron chi connectivity index (χ4n) is 5.22. The molecule has 0 N–H and O–H groups in total. The lowest BCUT2D eigenvalue weighted by molar-refractivity contribution is -0.132. The number of nitrogens with zero attached hydrogens (tertiary/aromatic N) is 2. The summed E-state index contributed by atoms with van der Waals surface area (Å²) in [5, 5.41) is 0. The summed E-state index contributed by atoms with van der Waals surface area (Å²) in [4.78, 5) is 18.4. The van der Waals surface area contributed by atoms with Gasteiger partial charge in [0.15, 0.2) is 11.5 Å². The maximum Gasteiger partial charge on any atom is 0.245 e. The highest BCUT2D eigenvalue weighted by atomic mass is 16.7. The summed E-state index contributed by atoms with van der Waals surface area (Å²) < 4.78 is 17.1. The maximum absolute atomic E-state index is 14.0. The Labute approximate surface area is 183 Å². The Morgan fingerprint density at radius 2 is 1.90 bits per heavy atom. The second kappa shape index (κ2) is 7.75. The second-order valence-electron chi connectivity index (χ2n) is 8.75. The summed E-state index contributed by atoms with van der Waals surface area (Å²) in [7, 11) is 0. The van der Waals surface area contributed by atoms with Crippen LogP contribution in [0.25, 0.3) is 0 Å². The van der Waals surface area contributed by atoms with Gasteiger partial charge in [-0.25, -0.2) is 0 Å². The first-order valence-corrected chi connectivity index (χ1v) is 11.2. The first kappa shape index (κ1) is 20.2. The lowest BCUT2D eigenvalue weighted by Gasteiger charge is -2.33. The minimum atomic E-state index is -0.895. The zero-order valence-electron chi connectivity index (χ0n) is 18.4. The summed E-state index contributed by atoms with van der Waals surface area (Å²) >= 11 is 0. The van der Waals surface area contributed by atoms with Crippen LogP contribution >= 0.6 is 0 Å². The van der Waals surface area contributed by atoms with E-state index in [0.29, 0.717) is 23.2 Å².